The van der Waals surface area contributed by atoms with E-state index < -0.39 is 0 Å². The lowest BCUT2D eigenvalue weighted by Crippen LogP contribution is -1.88. The third kappa shape index (κ3) is 2.57. The topological polar surface area (TPSA) is 54.5 Å². The molecule has 1 rings (SSSR count). The van der Waals surface area contributed by atoms with Gasteiger partial charge in [-0.2, -0.15) is 5.21 Å². The van der Waals surface area contributed by atoms with E-state index in [2.05, 4.69) is 20.6 Å². The first-order chi connectivity index (χ1) is 4.80. The van der Waals surface area contributed by atoms with Crippen molar-refractivity contribution in [3.63, 3.8) is 0 Å². The number of hydrogen-bond acceptors (Lipinski definition) is 3. The number of aromatic amines is 1. The van der Waals surface area contributed by atoms with Crippen LogP contribution >= 0.6 is 0 Å². The molecule has 10 heavy (non-hydrogen) atoms. The number of hydrogen-bond donors (Lipinski definition) is 1. The number of nitrogens with zero attached hydrogens (tertiary/aromatic N) is 3. The summed E-state index contributed by atoms with van der Waals surface area (Å²) in [6.45, 7) is 8.04. The van der Waals surface area contributed by atoms with Crippen molar-refractivity contribution in [2.45, 2.75) is 33.6 Å². The molecule has 0 unspecified atom stereocenters. The van der Waals surface area contributed by atoms with Gasteiger partial charge in [0.25, 0.3) is 0 Å². The molecule has 4 heteroatoms. The lowest BCUT2D eigenvalue weighted by Gasteiger charge is -1.90. The Bertz CT molecular complexity index is 145. The first kappa shape index (κ1) is 9.07. The largest absolute Gasteiger partial charge is 0.177 e. The van der Waals surface area contributed by atoms with Gasteiger partial charge in [0, 0.05) is 5.92 Å². The lowest BCUT2D eigenvalue weighted by atomic mass is 10.2. The van der Waals surface area contributed by atoms with Gasteiger partial charge in [0.2, 0.25) is 0 Å². The molecule has 0 aliphatic rings. The summed E-state index contributed by atoms with van der Waals surface area (Å²) >= 11 is 0. The van der Waals surface area contributed by atoms with Crippen LogP contribution in [0.15, 0.2) is 0 Å². The molecule has 0 amide bonds. The second kappa shape index (κ2) is 4.90. The van der Waals surface area contributed by atoms with Crippen molar-refractivity contribution in [2.24, 2.45) is 0 Å². The Kier molecular flexibility index (Phi) is 4.45. The zero-order valence-corrected chi connectivity index (χ0v) is 6.92. The quantitative estimate of drug-likeness (QED) is 0.644. The van der Waals surface area contributed by atoms with Gasteiger partial charge in [-0.3, -0.25) is 0 Å². The van der Waals surface area contributed by atoms with Crippen molar-refractivity contribution in [1.82, 2.24) is 20.6 Å². The van der Waals surface area contributed by atoms with Gasteiger partial charge in [-0.15, -0.1) is 10.2 Å². The Hall–Kier alpha value is -0.930. The molecule has 1 heterocycles. The van der Waals surface area contributed by atoms with E-state index in [9.17, 15) is 0 Å². The maximum atomic E-state index is 3.77. The predicted octanol–water partition coefficient (Wildman–Crippen LogP) is 1.35. The van der Waals surface area contributed by atoms with E-state index in [1.165, 1.54) is 0 Å². The van der Waals surface area contributed by atoms with E-state index in [4.69, 9.17) is 0 Å². The monoisotopic (exact) mass is 142 g/mol. The highest BCUT2D eigenvalue weighted by Gasteiger charge is 2.00. The average molecular weight is 142 g/mol. The van der Waals surface area contributed by atoms with E-state index in [1.54, 1.807) is 0 Å². The Morgan fingerprint density at radius 1 is 1.30 bits per heavy atom. The van der Waals surface area contributed by atoms with Crippen LogP contribution < -0.4 is 0 Å². The first-order valence-corrected chi connectivity index (χ1v) is 3.54. The van der Waals surface area contributed by atoms with Gasteiger partial charge in [-0.05, 0) is 0 Å². The lowest BCUT2D eigenvalue weighted by molar-refractivity contribution is 0.778. The predicted molar refractivity (Wildman–Crippen MR) is 39.6 cm³/mol. The van der Waals surface area contributed by atoms with E-state index in [0.29, 0.717) is 5.92 Å². The second-order valence-corrected chi connectivity index (χ2v) is 1.92. The van der Waals surface area contributed by atoms with Crippen LogP contribution in [0.1, 0.15) is 39.4 Å². The highest BCUT2D eigenvalue weighted by Crippen LogP contribution is 2.03. The molecular formula is C6H14N4. The summed E-state index contributed by atoms with van der Waals surface area (Å²) in [5.41, 5.74) is 0. The van der Waals surface area contributed by atoms with Gasteiger partial charge in [-0.1, -0.05) is 32.9 Å². The summed E-state index contributed by atoms with van der Waals surface area (Å²) in [5.74, 6) is 1.14. The molecule has 4 nitrogen and oxygen atoms in total. The zero-order chi connectivity index (χ0) is 7.98. The van der Waals surface area contributed by atoms with Crippen molar-refractivity contribution in [1.29, 1.82) is 0 Å². The molecule has 58 valence electrons. The number of H-pyrrole nitrogens is 1. The minimum absolute atomic E-state index is 0.369. The zero-order valence-electron chi connectivity index (χ0n) is 6.92. The van der Waals surface area contributed by atoms with Crippen LogP contribution in [0.5, 0.6) is 0 Å². The number of rotatable bonds is 1. The molecule has 0 aromatic carbocycles. The summed E-state index contributed by atoms with van der Waals surface area (Å²) in [6.07, 6.45) is 0. The van der Waals surface area contributed by atoms with Gasteiger partial charge in [0.05, 0.1) is 0 Å². The normalized spacial score (nSPS) is 8.90. The third-order valence-corrected chi connectivity index (χ3v) is 0.878. The van der Waals surface area contributed by atoms with Crippen molar-refractivity contribution in [3.8, 4) is 0 Å². The van der Waals surface area contributed by atoms with Crippen molar-refractivity contribution >= 4 is 0 Å². The fraction of sp³-hybridized carbons (Fsp3) is 0.833. The molecule has 0 aliphatic carbocycles. The molecule has 1 N–H and O–H groups in total. The van der Waals surface area contributed by atoms with Gasteiger partial charge in [0.15, 0.2) is 5.82 Å². The molecule has 0 bridgehead atoms. The fourth-order valence-corrected chi connectivity index (χ4v) is 0.414. The Morgan fingerprint density at radius 2 is 1.90 bits per heavy atom. The van der Waals surface area contributed by atoms with Crippen LogP contribution in [-0.4, -0.2) is 20.6 Å². The standard InChI is InChI=1S/C4H8N4.C2H6/c1-3(2)4-5-7-8-6-4;1-2/h3H,1-2H3,(H,5,6,7,8);1-2H3. The molecule has 0 radical (unpaired) electrons. The Balaban J connectivity index is 0.000000371. The van der Waals surface area contributed by atoms with Crippen molar-refractivity contribution in [3.05, 3.63) is 5.82 Å². The van der Waals surface area contributed by atoms with E-state index >= 15 is 0 Å². The average Bonchev–Trinajstić information content (AvgIpc) is 2.42. The molecule has 0 saturated heterocycles. The molecule has 1 aromatic rings. The molecule has 0 spiro atoms. The highest BCUT2D eigenvalue weighted by atomic mass is 15.5. The summed E-state index contributed by atoms with van der Waals surface area (Å²) in [6, 6.07) is 0. The SMILES string of the molecule is CC.CC(C)c1nn[nH]n1. The Morgan fingerprint density at radius 3 is 2.10 bits per heavy atom. The third-order valence-electron chi connectivity index (χ3n) is 0.878. The summed E-state index contributed by atoms with van der Waals surface area (Å²) in [7, 11) is 0. The van der Waals surface area contributed by atoms with Gasteiger partial charge >= 0.3 is 0 Å². The first-order valence-electron chi connectivity index (χ1n) is 3.54. The van der Waals surface area contributed by atoms with Crippen LogP contribution in [-0.2, 0) is 0 Å². The van der Waals surface area contributed by atoms with E-state index in [-0.39, 0.29) is 0 Å². The summed E-state index contributed by atoms with van der Waals surface area (Å²) < 4.78 is 0. The Labute approximate surface area is 61.0 Å². The van der Waals surface area contributed by atoms with Gasteiger partial charge in [0.1, 0.15) is 0 Å². The second-order valence-electron chi connectivity index (χ2n) is 1.92. The van der Waals surface area contributed by atoms with Crippen LogP contribution in [0.4, 0.5) is 0 Å². The van der Waals surface area contributed by atoms with Crippen molar-refractivity contribution < 1.29 is 0 Å². The number of tetrazole rings is 1. The van der Waals surface area contributed by atoms with Gasteiger partial charge < -0.3 is 0 Å². The molecule has 0 aliphatic heterocycles. The van der Waals surface area contributed by atoms with Crippen LogP contribution in [0.2, 0.25) is 0 Å². The number of aromatic nitrogens is 4. The molecule has 1 aromatic heterocycles. The summed E-state index contributed by atoms with van der Waals surface area (Å²) in [5, 5.41) is 13.3. The maximum absolute atomic E-state index is 3.77. The maximum Gasteiger partial charge on any atom is 0.177 e. The van der Waals surface area contributed by atoms with Crippen molar-refractivity contribution in [2.75, 3.05) is 0 Å². The summed E-state index contributed by atoms with van der Waals surface area (Å²) in [4.78, 5) is 0. The van der Waals surface area contributed by atoms with Crippen LogP contribution in [0, 0.1) is 0 Å². The smallest absolute Gasteiger partial charge is 0.177 e. The molecule has 0 saturated carbocycles. The number of nitrogens with one attached hydrogen (secondary N) is 1. The molecular weight excluding hydrogens is 128 g/mol. The van der Waals surface area contributed by atoms with E-state index in [1.807, 2.05) is 27.7 Å². The fourth-order valence-electron chi connectivity index (χ4n) is 0.414. The highest BCUT2D eigenvalue weighted by molar-refractivity contribution is 4.83. The molecule has 0 atom stereocenters. The minimum Gasteiger partial charge on any atom is -0.177 e. The minimum atomic E-state index is 0.369. The van der Waals surface area contributed by atoms with Crippen LogP contribution in [0.3, 0.4) is 0 Å². The van der Waals surface area contributed by atoms with Crippen LogP contribution in [0.25, 0.3) is 0 Å². The van der Waals surface area contributed by atoms with E-state index in [0.717, 1.165) is 5.82 Å². The van der Waals surface area contributed by atoms with Gasteiger partial charge in [-0.25, -0.2) is 0 Å². The molecule has 0 fully saturated rings.